The lowest BCUT2D eigenvalue weighted by atomic mass is 10.1. The highest BCUT2D eigenvalue weighted by Gasteiger charge is 2.17. The van der Waals surface area contributed by atoms with Crippen LogP contribution < -0.4 is 15.7 Å². The molecule has 8 heteroatoms. The highest BCUT2D eigenvalue weighted by Crippen LogP contribution is 2.28. The van der Waals surface area contributed by atoms with Gasteiger partial charge in [-0.05, 0) is 18.6 Å². The number of ether oxygens (including phenoxy) is 1. The van der Waals surface area contributed by atoms with E-state index in [9.17, 15) is 9.59 Å². The topological polar surface area (TPSA) is 78.2 Å². The standard InChI is InChI=1S/C20H21ClN4O3/c1-4-16(26)28-18-13(2)10-11-25(20(18)27)22-12-15-17(23-24(3)19(15)21)14-8-6-5-7-9-14/h5-11,22H,4,12H2,1-3H3. The summed E-state index contributed by atoms with van der Waals surface area (Å²) >= 11 is 6.42. The third kappa shape index (κ3) is 3.94. The fraction of sp³-hybridized carbons (Fsp3) is 0.250. The van der Waals surface area contributed by atoms with Crippen LogP contribution >= 0.6 is 11.6 Å². The van der Waals surface area contributed by atoms with Gasteiger partial charge in [-0.15, -0.1) is 0 Å². The van der Waals surface area contributed by atoms with Crippen molar-refractivity contribution < 1.29 is 9.53 Å². The summed E-state index contributed by atoms with van der Waals surface area (Å²) in [4.78, 5) is 24.3. The van der Waals surface area contributed by atoms with Crippen LogP contribution in [-0.4, -0.2) is 20.4 Å². The van der Waals surface area contributed by atoms with Gasteiger partial charge in [0.2, 0.25) is 5.75 Å². The summed E-state index contributed by atoms with van der Waals surface area (Å²) in [6.07, 6.45) is 1.78. The lowest BCUT2D eigenvalue weighted by Crippen LogP contribution is -2.30. The van der Waals surface area contributed by atoms with E-state index in [1.54, 1.807) is 37.8 Å². The van der Waals surface area contributed by atoms with E-state index in [4.69, 9.17) is 16.3 Å². The Bertz CT molecular complexity index is 1060. The molecule has 146 valence electrons. The summed E-state index contributed by atoms with van der Waals surface area (Å²) in [6, 6.07) is 11.4. The van der Waals surface area contributed by atoms with Gasteiger partial charge in [-0.1, -0.05) is 48.9 Å². The van der Waals surface area contributed by atoms with Crippen LogP contribution in [0.2, 0.25) is 5.15 Å². The molecule has 3 rings (SSSR count). The molecular weight excluding hydrogens is 380 g/mol. The number of rotatable bonds is 6. The average Bonchev–Trinajstić information content (AvgIpc) is 2.99. The first-order chi connectivity index (χ1) is 13.4. The van der Waals surface area contributed by atoms with Gasteiger partial charge in [-0.2, -0.15) is 5.10 Å². The number of nitrogens with zero attached hydrogens (tertiary/aromatic N) is 3. The molecule has 2 heterocycles. The SMILES string of the molecule is CCC(=O)Oc1c(C)ccn(NCc2c(-c3ccccc3)nn(C)c2Cl)c1=O. The number of aryl methyl sites for hydroxylation is 2. The van der Waals surface area contributed by atoms with Crippen LogP contribution in [-0.2, 0) is 18.4 Å². The minimum Gasteiger partial charge on any atom is -0.420 e. The molecule has 1 aromatic carbocycles. The summed E-state index contributed by atoms with van der Waals surface area (Å²) in [5.41, 5.74) is 5.60. The first kappa shape index (κ1) is 19.7. The molecule has 0 aliphatic carbocycles. The minimum atomic E-state index is -0.459. The van der Waals surface area contributed by atoms with Crippen LogP contribution in [0.15, 0.2) is 47.4 Å². The summed E-state index contributed by atoms with van der Waals surface area (Å²) < 4.78 is 8.06. The van der Waals surface area contributed by atoms with Crippen LogP contribution in [0, 0.1) is 6.92 Å². The van der Waals surface area contributed by atoms with E-state index >= 15 is 0 Å². The van der Waals surface area contributed by atoms with Crippen molar-refractivity contribution in [2.75, 3.05) is 5.43 Å². The molecule has 0 radical (unpaired) electrons. The number of aromatic nitrogens is 3. The van der Waals surface area contributed by atoms with Crippen molar-refractivity contribution in [3.63, 3.8) is 0 Å². The smallest absolute Gasteiger partial charge is 0.312 e. The van der Waals surface area contributed by atoms with Crippen molar-refractivity contribution >= 4 is 17.6 Å². The Hall–Kier alpha value is -3.06. The molecule has 0 aliphatic rings. The first-order valence-corrected chi connectivity index (χ1v) is 9.23. The number of hydrogen-bond acceptors (Lipinski definition) is 5. The number of carbonyl (C=O) groups excluding carboxylic acids is 1. The van der Waals surface area contributed by atoms with Crippen LogP contribution in [0.1, 0.15) is 24.5 Å². The number of benzene rings is 1. The van der Waals surface area contributed by atoms with Gasteiger partial charge in [0.05, 0.1) is 12.2 Å². The van der Waals surface area contributed by atoms with Crippen molar-refractivity contribution in [3.05, 3.63) is 69.2 Å². The molecule has 0 fully saturated rings. The van der Waals surface area contributed by atoms with Gasteiger partial charge in [-0.25, -0.2) is 4.68 Å². The molecule has 2 aromatic heterocycles. The summed E-state index contributed by atoms with van der Waals surface area (Å²) in [6.45, 7) is 3.66. The largest absolute Gasteiger partial charge is 0.420 e. The quantitative estimate of drug-likeness (QED) is 0.642. The lowest BCUT2D eigenvalue weighted by Gasteiger charge is -2.13. The van der Waals surface area contributed by atoms with Gasteiger partial charge in [0.25, 0.3) is 0 Å². The fourth-order valence-corrected chi connectivity index (χ4v) is 2.93. The molecule has 0 atom stereocenters. The zero-order valence-electron chi connectivity index (χ0n) is 15.9. The van der Waals surface area contributed by atoms with E-state index in [2.05, 4.69) is 10.5 Å². The molecule has 0 saturated heterocycles. The van der Waals surface area contributed by atoms with E-state index < -0.39 is 11.5 Å². The Morgan fingerprint density at radius 3 is 2.64 bits per heavy atom. The van der Waals surface area contributed by atoms with E-state index in [-0.39, 0.29) is 18.7 Å². The van der Waals surface area contributed by atoms with E-state index in [1.165, 1.54) is 4.68 Å². The number of halogens is 1. The molecular formula is C20H21ClN4O3. The maximum Gasteiger partial charge on any atom is 0.312 e. The van der Waals surface area contributed by atoms with Gasteiger partial charge >= 0.3 is 11.5 Å². The third-order valence-corrected chi connectivity index (χ3v) is 4.76. The number of hydrogen-bond donors (Lipinski definition) is 1. The minimum absolute atomic E-state index is 0.0161. The van der Waals surface area contributed by atoms with Gasteiger partial charge in [0, 0.05) is 30.8 Å². The molecule has 0 unspecified atom stereocenters. The number of carbonyl (C=O) groups is 1. The monoisotopic (exact) mass is 400 g/mol. The Balaban J connectivity index is 1.91. The molecule has 0 saturated carbocycles. The highest BCUT2D eigenvalue weighted by atomic mass is 35.5. The van der Waals surface area contributed by atoms with Gasteiger partial charge in [0.15, 0.2) is 0 Å². The Morgan fingerprint density at radius 1 is 1.25 bits per heavy atom. The molecule has 0 bridgehead atoms. The summed E-state index contributed by atoms with van der Waals surface area (Å²) in [5, 5.41) is 4.96. The van der Waals surface area contributed by atoms with Crippen molar-refractivity contribution in [2.45, 2.75) is 26.8 Å². The molecule has 1 N–H and O–H groups in total. The second-order valence-corrected chi connectivity index (χ2v) is 6.63. The predicted octanol–water partition coefficient (Wildman–Crippen LogP) is 3.27. The molecule has 28 heavy (non-hydrogen) atoms. The van der Waals surface area contributed by atoms with Crippen LogP contribution in [0.3, 0.4) is 0 Å². The van der Waals surface area contributed by atoms with E-state index in [1.807, 2.05) is 30.3 Å². The predicted molar refractivity (Wildman–Crippen MR) is 108 cm³/mol. The second kappa shape index (κ2) is 8.31. The second-order valence-electron chi connectivity index (χ2n) is 6.27. The first-order valence-electron chi connectivity index (χ1n) is 8.86. The van der Waals surface area contributed by atoms with Crippen molar-refractivity contribution in [2.24, 2.45) is 7.05 Å². The zero-order valence-corrected chi connectivity index (χ0v) is 16.7. The zero-order chi connectivity index (χ0) is 20.3. The van der Waals surface area contributed by atoms with E-state index in [0.29, 0.717) is 10.7 Å². The highest BCUT2D eigenvalue weighted by molar-refractivity contribution is 6.30. The van der Waals surface area contributed by atoms with Crippen LogP contribution in [0.5, 0.6) is 5.75 Å². The maximum atomic E-state index is 12.7. The van der Waals surface area contributed by atoms with Crippen LogP contribution in [0.25, 0.3) is 11.3 Å². The summed E-state index contributed by atoms with van der Waals surface area (Å²) in [5.74, 6) is -0.443. The summed E-state index contributed by atoms with van der Waals surface area (Å²) in [7, 11) is 1.76. The average molecular weight is 401 g/mol. The molecule has 0 spiro atoms. The lowest BCUT2D eigenvalue weighted by molar-refractivity contribution is -0.134. The molecule has 0 amide bonds. The third-order valence-electron chi connectivity index (χ3n) is 4.29. The molecule has 7 nitrogen and oxygen atoms in total. The van der Waals surface area contributed by atoms with Gasteiger partial charge < -0.3 is 10.2 Å². The number of esters is 1. The van der Waals surface area contributed by atoms with E-state index in [0.717, 1.165) is 16.8 Å². The van der Waals surface area contributed by atoms with Crippen molar-refractivity contribution in [3.8, 4) is 17.0 Å². The van der Waals surface area contributed by atoms with Crippen molar-refractivity contribution in [1.29, 1.82) is 0 Å². The Labute approximate surface area is 167 Å². The number of nitrogens with one attached hydrogen (secondary N) is 1. The normalized spacial score (nSPS) is 10.7. The Morgan fingerprint density at radius 2 is 1.96 bits per heavy atom. The van der Waals surface area contributed by atoms with Crippen molar-refractivity contribution in [1.82, 2.24) is 14.5 Å². The Kier molecular flexibility index (Phi) is 5.84. The van der Waals surface area contributed by atoms with Gasteiger partial charge in [0.1, 0.15) is 5.15 Å². The molecule has 0 aliphatic heterocycles. The van der Waals surface area contributed by atoms with Gasteiger partial charge in [-0.3, -0.25) is 14.3 Å². The number of pyridine rings is 1. The maximum absolute atomic E-state index is 12.7. The fourth-order valence-electron chi connectivity index (χ4n) is 2.74. The van der Waals surface area contributed by atoms with Crippen LogP contribution in [0.4, 0.5) is 0 Å². The molecule has 3 aromatic rings.